The summed E-state index contributed by atoms with van der Waals surface area (Å²) in [5, 5.41) is 2.88. The highest BCUT2D eigenvalue weighted by atomic mass is 32.2. The minimum absolute atomic E-state index is 0.0831. The van der Waals surface area contributed by atoms with E-state index in [0.29, 0.717) is 48.6 Å². The predicted molar refractivity (Wildman–Crippen MR) is 139 cm³/mol. The van der Waals surface area contributed by atoms with Gasteiger partial charge in [0.1, 0.15) is 11.9 Å². The summed E-state index contributed by atoms with van der Waals surface area (Å²) in [5.41, 5.74) is 7.93. The number of benzene rings is 3. The van der Waals surface area contributed by atoms with Crippen molar-refractivity contribution in [2.24, 2.45) is 5.73 Å². The van der Waals surface area contributed by atoms with Crippen molar-refractivity contribution in [3.8, 4) is 0 Å². The van der Waals surface area contributed by atoms with Crippen LogP contribution < -0.4 is 16.0 Å². The van der Waals surface area contributed by atoms with E-state index >= 15 is 0 Å². The summed E-state index contributed by atoms with van der Waals surface area (Å²) in [6, 6.07) is 18.8. The van der Waals surface area contributed by atoms with Crippen molar-refractivity contribution in [1.82, 2.24) is 10.2 Å². The minimum Gasteiger partial charge on any atom is -0.367 e. The number of carbonyl (C=O) groups excluding carboxylic acids is 2. The third kappa shape index (κ3) is 5.98. The molecule has 194 valence electrons. The number of hydrogen-bond donors (Lipinski definition) is 2. The molecule has 10 heteroatoms. The molecule has 3 N–H and O–H groups in total. The lowest BCUT2D eigenvalue weighted by atomic mass is 10.0. The first-order valence-electron chi connectivity index (χ1n) is 11.9. The summed E-state index contributed by atoms with van der Waals surface area (Å²) in [4.78, 5) is 30.2. The van der Waals surface area contributed by atoms with Crippen molar-refractivity contribution >= 4 is 27.3 Å². The zero-order valence-corrected chi connectivity index (χ0v) is 21.2. The molecule has 0 bridgehead atoms. The second kappa shape index (κ2) is 11.1. The van der Waals surface area contributed by atoms with Gasteiger partial charge in [-0.1, -0.05) is 48.5 Å². The highest BCUT2D eigenvalue weighted by Crippen LogP contribution is 2.28. The maximum atomic E-state index is 13.8. The fourth-order valence-electron chi connectivity index (χ4n) is 4.46. The largest absolute Gasteiger partial charge is 0.367 e. The molecule has 3 aromatic carbocycles. The van der Waals surface area contributed by atoms with Crippen LogP contribution in [0.1, 0.15) is 27.5 Å². The number of amides is 2. The molecule has 0 radical (unpaired) electrons. The Bertz CT molecular complexity index is 1390. The van der Waals surface area contributed by atoms with E-state index in [9.17, 15) is 22.4 Å². The third-order valence-electron chi connectivity index (χ3n) is 6.39. The lowest BCUT2D eigenvalue weighted by molar-refractivity contribution is -0.133. The van der Waals surface area contributed by atoms with E-state index in [0.717, 1.165) is 12.3 Å². The summed E-state index contributed by atoms with van der Waals surface area (Å²) in [5.74, 6) is -1.30. The average Bonchev–Trinajstić information content (AvgIpc) is 2.91. The van der Waals surface area contributed by atoms with Crippen LogP contribution in [0.2, 0.25) is 0 Å². The SMILES string of the molecule is CS(=O)(=O)c1cc(F)ccc1N1CCN(C(=O)[C@H](NC(=O)c2ccccc2CN)c2ccccc2)CC1. The van der Waals surface area contributed by atoms with Crippen molar-refractivity contribution in [3.05, 3.63) is 95.3 Å². The van der Waals surface area contributed by atoms with Crippen LogP contribution in [0, 0.1) is 5.82 Å². The third-order valence-corrected chi connectivity index (χ3v) is 7.52. The van der Waals surface area contributed by atoms with Crippen molar-refractivity contribution in [3.63, 3.8) is 0 Å². The van der Waals surface area contributed by atoms with Gasteiger partial charge in [0.05, 0.1) is 10.6 Å². The molecule has 1 fully saturated rings. The van der Waals surface area contributed by atoms with Gasteiger partial charge < -0.3 is 20.9 Å². The molecular weight excluding hydrogens is 495 g/mol. The molecule has 1 saturated heterocycles. The number of hydrogen-bond acceptors (Lipinski definition) is 6. The van der Waals surface area contributed by atoms with Gasteiger partial charge in [-0.25, -0.2) is 12.8 Å². The number of nitrogens with two attached hydrogens (primary N) is 1. The molecule has 0 aliphatic carbocycles. The highest BCUT2D eigenvalue weighted by Gasteiger charge is 2.31. The second-order valence-electron chi connectivity index (χ2n) is 8.87. The Labute approximate surface area is 215 Å². The van der Waals surface area contributed by atoms with Crippen LogP contribution in [0.15, 0.2) is 77.7 Å². The van der Waals surface area contributed by atoms with Gasteiger partial charge in [-0.05, 0) is 35.4 Å². The molecule has 0 saturated carbocycles. The fourth-order valence-corrected chi connectivity index (χ4v) is 5.36. The Balaban J connectivity index is 1.54. The lowest BCUT2D eigenvalue weighted by Gasteiger charge is -2.38. The lowest BCUT2D eigenvalue weighted by Crippen LogP contribution is -2.52. The molecule has 0 unspecified atom stereocenters. The second-order valence-corrected chi connectivity index (χ2v) is 10.9. The Morgan fingerprint density at radius 3 is 2.27 bits per heavy atom. The van der Waals surface area contributed by atoms with Gasteiger partial charge in [0, 0.05) is 44.5 Å². The van der Waals surface area contributed by atoms with Crippen molar-refractivity contribution in [2.45, 2.75) is 17.5 Å². The molecule has 1 heterocycles. The molecule has 0 aromatic heterocycles. The van der Waals surface area contributed by atoms with Gasteiger partial charge in [0.15, 0.2) is 9.84 Å². The van der Waals surface area contributed by atoms with E-state index in [1.54, 1.807) is 53.4 Å². The predicted octanol–water partition coefficient (Wildman–Crippen LogP) is 2.51. The quantitative estimate of drug-likeness (QED) is 0.491. The maximum Gasteiger partial charge on any atom is 0.252 e. The van der Waals surface area contributed by atoms with E-state index in [1.165, 1.54) is 12.1 Å². The van der Waals surface area contributed by atoms with Gasteiger partial charge in [-0.3, -0.25) is 9.59 Å². The van der Waals surface area contributed by atoms with E-state index in [1.807, 2.05) is 11.0 Å². The highest BCUT2D eigenvalue weighted by molar-refractivity contribution is 7.90. The van der Waals surface area contributed by atoms with Crippen LogP contribution in [-0.2, 0) is 21.2 Å². The first kappa shape index (κ1) is 26.3. The van der Waals surface area contributed by atoms with Crippen LogP contribution >= 0.6 is 0 Å². The van der Waals surface area contributed by atoms with E-state index in [2.05, 4.69) is 5.32 Å². The standard InChI is InChI=1S/C27H29FN4O4S/c1-37(35,36)24-17-21(28)11-12-23(24)31-13-15-32(16-14-31)27(34)25(19-7-3-2-4-8-19)30-26(33)22-10-6-5-9-20(22)18-29/h2-12,17,25H,13-16,18,29H2,1H3,(H,30,33)/t25-/m1/s1. The van der Waals surface area contributed by atoms with Crippen LogP contribution in [0.4, 0.5) is 10.1 Å². The summed E-state index contributed by atoms with van der Waals surface area (Å²) < 4.78 is 38.2. The zero-order valence-electron chi connectivity index (χ0n) is 20.4. The van der Waals surface area contributed by atoms with E-state index < -0.39 is 27.6 Å². The van der Waals surface area contributed by atoms with Gasteiger partial charge in [-0.2, -0.15) is 0 Å². The van der Waals surface area contributed by atoms with Gasteiger partial charge in [0.25, 0.3) is 5.91 Å². The molecule has 0 spiro atoms. The summed E-state index contributed by atoms with van der Waals surface area (Å²) in [7, 11) is -3.65. The Hall–Kier alpha value is -3.76. The monoisotopic (exact) mass is 524 g/mol. The van der Waals surface area contributed by atoms with Crippen molar-refractivity contribution < 1.29 is 22.4 Å². The van der Waals surface area contributed by atoms with Gasteiger partial charge in [-0.15, -0.1) is 0 Å². The Morgan fingerprint density at radius 1 is 0.973 bits per heavy atom. The first-order chi connectivity index (χ1) is 17.7. The van der Waals surface area contributed by atoms with Crippen LogP contribution in [0.5, 0.6) is 0 Å². The number of carbonyl (C=O) groups is 2. The van der Waals surface area contributed by atoms with Crippen molar-refractivity contribution in [1.29, 1.82) is 0 Å². The van der Waals surface area contributed by atoms with Crippen LogP contribution in [0.3, 0.4) is 0 Å². The number of rotatable bonds is 7. The number of piperazine rings is 1. The Morgan fingerprint density at radius 2 is 1.62 bits per heavy atom. The molecule has 1 aliphatic rings. The molecule has 2 amide bonds. The van der Waals surface area contributed by atoms with E-state index in [4.69, 9.17) is 5.73 Å². The van der Waals surface area contributed by atoms with Gasteiger partial charge >= 0.3 is 0 Å². The molecule has 3 aromatic rings. The molecule has 37 heavy (non-hydrogen) atoms. The summed E-state index contributed by atoms with van der Waals surface area (Å²) in [6.45, 7) is 1.50. The van der Waals surface area contributed by atoms with Gasteiger partial charge in [0.2, 0.25) is 5.91 Å². The molecular formula is C27H29FN4O4S. The van der Waals surface area contributed by atoms with Crippen LogP contribution in [-0.4, -0.2) is 57.6 Å². The Kier molecular flexibility index (Phi) is 7.89. The topological polar surface area (TPSA) is 113 Å². The molecule has 1 aliphatic heterocycles. The van der Waals surface area contributed by atoms with Crippen LogP contribution in [0.25, 0.3) is 0 Å². The average molecular weight is 525 g/mol. The first-order valence-corrected chi connectivity index (χ1v) is 13.8. The minimum atomic E-state index is -3.65. The molecule has 8 nitrogen and oxygen atoms in total. The number of nitrogens with one attached hydrogen (secondary N) is 1. The molecule has 4 rings (SSSR count). The number of nitrogens with zero attached hydrogens (tertiary/aromatic N) is 2. The fraction of sp³-hybridized carbons (Fsp3) is 0.259. The number of sulfone groups is 1. The smallest absolute Gasteiger partial charge is 0.252 e. The summed E-state index contributed by atoms with van der Waals surface area (Å²) >= 11 is 0. The normalized spacial score (nSPS) is 14.8. The zero-order chi connectivity index (χ0) is 26.6. The van der Waals surface area contributed by atoms with E-state index in [-0.39, 0.29) is 17.3 Å². The molecule has 1 atom stereocenters. The number of halogens is 1. The van der Waals surface area contributed by atoms with Crippen molar-refractivity contribution in [2.75, 3.05) is 37.3 Å². The number of anilines is 1. The summed E-state index contributed by atoms with van der Waals surface area (Å²) in [6.07, 6.45) is 1.04. The maximum absolute atomic E-state index is 13.8.